The Morgan fingerprint density at radius 3 is 2.19 bits per heavy atom. The highest BCUT2D eigenvalue weighted by atomic mass is 35.5. The second kappa shape index (κ2) is 7.45. The lowest BCUT2D eigenvalue weighted by atomic mass is 9.85. The molecule has 0 saturated heterocycles. The predicted octanol–water partition coefficient (Wildman–Crippen LogP) is 5.44. The van der Waals surface area contributed by atoms with Gasteiger partial charge >= 0.3 is 5.63 Å². The van der Waals surface area contributed by atoms with Crippen molar-refractivity contribution in [3.8, 4) is 5.75 Å². The number of hydrogen-bond acceptors (Lipinski definition) is 5. The standard InChI is InChI=1S/C25H15ClO5/c26-15-11-9-14(10-12-15)21(18-13-30-19-7-3-1-5-16(19)23(18)27)22-24(28)17-6-2-4-8-20(17)31-25(22)29/h1-13,21,28H. The van der Waals surface area contributed by atoms with Gasteiger partial charge in [-0.3, -0.25) is 4.79 Å². The number of aromatic hydroxyl groups is 1. The number of hydrogen-bond donors (Lipinski definition) is 1. The molecule has 0 fully saturated rings. The van der Waals surface area contributed by atoms with Crippen LogP contribution in [0, 0.1) is 0 Å². The molecule has 0 aliphatic carbocycles. The Bertz CT molecular complexity index is 1550. The third-order valence-electron chi connectivity index (χ3n) is 5.33. The molecule has 2 heterocycles. The van der Waals surface area contributed by atoms with Gasteiger partial charge in [-0.05, 0) is 42.0 Å². The van der Waals surface area contributed by atoms with Crippen molar-refractivity contribution in [1.82, 2.24) is 0 Å². The van der Waals surface area contributed by atoms with Gasteiger partial charge in [0.15, 0.2) is 5.43 Å². The lowest BCUT2D eigenvalue weighted by Gasteiger charge is -2.18. The van der Waals surface area contributed by atoms with E-state index in [1.165, 1.54) is 6.26 Å². The van der Waals surface area contributed by atoms with Crippen LogP contribution in [0.15, 0.2) is 97.5 Å². The van der Waals surface area contributed by atoms with Crippen molar-refractivity contribution in [3.05, 3.63) is 121 Å². The van der Waals surface area contributed by atoms with E-state index in [9.17, 15) is 14.7 Å². The van der Waals surface area contributed by atoms with Crippen LogP contribution in [0.3, 0.4) is 0 Å². The maximum atomic E-state index is 13.4. The Hall–Kier alpha value is -3.83. The first-order valence-electron chi connectivity index (χ1n) is 9.55. The third-order valence-corrected chi connectivity index (χ3v) is 5.58. The van der Waals surface area contributed by atoms with E-state index in [0.717, 1.165) is 0 Å². The fourth-order valence-electron chi connectivity index (χ4n) is 3.85. The van der Waals surface area contributed by atoms with Crippen molar-refractivity contribution in [2.45, 2.75) is 5.92 Å². The molecule has 1 atom stereocenters. The van der Waals surface area contributed by atoms with Crippen LogP contribution in [0.1, 0.15) is 22.6 Å². The molecule has 2 aromatic heterocycles. The highest BCUT2D eigenvalue weighted by molar-refractivity contribution is 6.30. The van der Waals surface area contributed by atoms with Gasteiger partial charge in [-0.1, -0.05) is 48.0 Å². The average molecular weight is 431 g/mol. The normalized spacial score (nSPS) is 12.3. The zero-order valence-corrected chi connectivity index (χ0v) is 16.8. The summed E-state index contributed by atoms with van der Waals surface area (Å²) in [5, 5.41) is 12.3. The van der Waals surface area contributed by atoms with E-state index in [-0.39, 0.29) is 27.9 Å². The minimum absolute atomic E-state index is 0.0383. The SMILES string of the molecule is O=c1oc2ccccc2c(O)c1C(c1ccc(Cl)cc1)c1coc2ccccc2c1=O. The molecule has 0 aliphatic rings. The summed E-state index contributed by atoms with van der Waals surface area (Å²) < 4.78 is 11.2. The minimum Gasteiger partial charge on any atom is -0.507 e. The Balaban J connectivity index is 1.87. The van der Waals surface area contributed by atoms with Crippen LogP contribution >= 0.6 is 11.6 Å². The third kappa shape index (κ3) is 3.20. The molecule has 0 saturated carbocycles. The second-order valence-electron chi connectivity index (χ2n) is 7.15. The first-order chi connectivity index (χ1) is 15.0. The van der Waals surface area contributed by atoms with Gasteiger partial charge < -0.3 is 13.9 Å². The summed E-state index contributed by atoms with van der Waals surface area (Å²) in [7, 11) is 0. The smallest absolute Gasteiger partial charge is 0.344 e. The topological polar surface area (TPSA) is 80.7 Å². The molecule has 5 rings (SSSR count). The van der Waals surface area contributed by atoms with E-state index in [2.05, 4.69) is 0 Å². The predicted molar refractivity (Wildman–Crippen MR) is 119 cm³/mol. The van der Waals surface area contributed by atoms with E-state index in [4.69, 9.17) is 20.4 Å². The van der Waals surface area contributed by atoms with E-state index < -0.39 is 11.5 Å². The number of benzene rings is 3. The minimum atomic E-state index is -0.918. The van der Waals surface area contributed by atoms with Crippen LogP contribution in [0.25, 0.3) is 21.9 Å². The van der Waals surface area contributed by atoms with Gasteiger partial charge in [0, 0.05) is 10.6 Å². The number of fused-ring (bicyclic) bond motifs is 2. The summed E-state index contributed by atoms with van der Waals surface area (Å²) in [5.74, 6) is -1.15. The first-order valence-corrected chi connectivity index (χ1v) is 9.93. The molecule has 5 aromatic rings. The molecule has 0 bridgehead atoms. The summed E-state index contributed by atoms with van der Waals surface area (Å²) in [6, 6.07) is 20.3. The second-order valence-corrected chi connectivity index (χ2v) is 7.59. The fraction of sp³-hybridized carbons (Fsp3) is 0.0400. The van der Waals surface area contributed by atoms with Crippen molar-refractivity contribution in [2.24, 2.45) is 0 Å². The lowest BCUT2D eigenvalue weighted by Crippen LogP contribution is -2.21. The van der Waals surface area contributed by atoms with Gasteiger partial charge in [0.2, 0.25) is 0 Å². The van der Waals surface area contributed by atoms with Crippen molar-refractivity contribution in [1.29, 1.82) is 0 Å². The van der Waals surface area contributed by atoms with E-state index in [1.54, 1.807) is 72.8 Å². The molecule has 6 heteroatoms. The fourth-order valence-corrected chi connectivity index (χ4v) is 3.98. The van der Waals surface area contributed by atoms with E-state index in [1.807, 2.05) is 0 Å². The number of para-hydroxylation sites is 2. The van der Waals surface area contributed by atoms with Crippen molar-refractivity contribution in [2.75, 3.05) is 0 Å². The number of rotatable bonds is 3. The van der Waals surface area contributed by atoms with Gasteiger partial charge in [0.25, 0.3) is 0 Å². The van der Waals surface area contributed by atoms with Crippen molar-refractivity contribution >= 4 is 33.5 Å². The van der Waals surface area contributed by atoms with Crippen molar-refractivity contribution < 1.29 is 13.9 Å². The zero-order valence-electron chi connectivity index (χ0n) is 16.0. The quantitative estimate of drug-likeness (QED) is 0.385. The monoisotopic (exact) mass is 430 g/mol. The zero-order chi connectivity index (χ0) is 21.5. The molecule has 3 aromatic carbocycles. The van der Waals surface area contributed by atoms with Crippen LogP contribution in [0.5, 0.6) is 5.75 Å². The Morgan fingerprint density at radius 2 is 1.45 bits per heavy atom. The van der Waals surface area contributed by atoms with Crippen LogP contribution < -0.4 is 11.1 Å². The first kappa shape index (κ1) is 19.2. The average Bonchev–Trinajstić information content (AvgIpc) is 2.78. The lowest BCUT2D eigenvalue weighted by molar-refractivity contribution is 0.454. The van der Waals surface area contributed by atoms with Gasteiger partial charge in [0.1, 0.15) is 16.9 Å². The summed E-state index contributed by atoms with van der Waals surface area (Å²) in [5.41, 5.74) is 0.417. The van der Waals surface area contributed by atoms with Crippen LogP contribution in [-0.2, 0) is 0 Å². The summed E-state index contributed by atoms with van der Waals surface area (Å²) in [6.07, 6.45) is 1.33. The highest BCUT2D eigenvalue weighted by Gasteiger charge is 2.29. The van der Waals surface area contributed by atoms with Gasteiger partial charge in [-0.2, -0.15) is 0 Å². The molecule has 1 unspecified atom stereocenters. The molecular formula is C25H15ClO5. The van der Waals surface area contributed by atoms with Crippen LogP contribution in [0.4, 0.5) is 0 Å². The molecule has 152 valence electrons. The Labute approximate surface area is 180 Å². The molecule has 0 spiro atoms. The van der Waals surface area contributed by atoms with Gasteiger partial charge in [0.05, 0.1) is 28.5 Å². The van der Waals surface area contributed by atoms with Gasteiger partial charge in [-0.15, -0.1) is 0 Å². The van der Waals surface area contributed by atoms with Gasteiger partial charge in [-0.25, -0.2) is 4.79 Å². The van der Waals surface area contributed by atoms with E-state index in [0.29, 0.717) is 26.9 Å². The summed E-state index contributed by atoms with van der Waals surface area (Å²) in [6.45, 7) is 0. The van der Waals surface area contributed by atoms with Crippen LogP contribution in [0.2, 0.25) is 5.02 Å². The van der Waals surface area contributed by atoms with Crippen molar-refractivity contribution in [3.63, 3.8) is 0 Å². The summed E-state index contributed by atoms with van der Waals surface area (Å²) in [4.78, 5) is 26.4. The van der Waals surface area contributed by atoms with Crippen LogP contribution in [-0.4, -0.2) is 5.11 Å². The summed E-state index contributed by atoms with van der Waals surface area (Å²) >= 11 is 6.05. The Kier molecular flexibility index (Phi) is 4.60. The maximum Gasteiger partial charge on any atom is 0.344 e. The number of halogens is 1. The largest absolute Gasteiger partial charge is 0.507 e. The van der Waals surface area contributed by atoms with E-state index >= 15 is 0 Å². The molecule has 0 aliphatic heterocycles. The Morgan fingerprint density at radius 1 is 0.806 bits per heavy atom. The maximum absolute atomic E-state index is 13.4. The molecular weight excluding hydrogens is 416 g/mol. The highest BCUT2D eigenvalue weighted by Crippen LogP contribution is 2.38. The molecule has 1 N–H and O–H groups in total. The molecule has 0 radical (unpaired) electrons. The molecule has 5 nitrogen and oxygen atoms in total. The molecule has 31 heavy (non-hydrogen) atoms. The molecule has 0 amide bonds.